The Kier molecular flexibility index (Phi) is 3.66. The Morgan fingerprint density at radius 3 is 2.90 bits per heavy atom. The van der Waals surface area contributed by atoms with Crippen LogP contribution in [0.5, 0.6) is 0 Å². The van der Waals surface area contributed by atoms with E-state index >= 15 is 0 Å². The van der Waals surface area contributed by atoms with Crippen molar-refractivity contribution in [3.05, 3.63) is 22.7 Å². The first-order valence-electron chi connectivity index (χ1n) is 6.56. The van der Waals surface area contributed by atoms with Crippen LogP contribution < -0.4 is 11.1 Å². The highest BCUT2D eigenvalue weighted by molar-refractivity contribution is 9.10. The van der Waals surface area contributed by atoms with E-state index in [0.29, 0.717) is 5.78 Å². The van der Waals surface area contributed by atoms with Gasteiger partial charge in [-0.2, -0.15) is 4.98 Å². The van der Waals surface area contributed by atoms with Gasteiger partial charge in [-0.3, -0.25) is 4.79 Å². The first-order chi connectivity index (χ1) is 9.61. The van der Waals surface area contributed by atoms with E-state index in [2.05, 4.69) is 36.3 Å². The van der Waals surface area contributed by atoms with Crippen LogP contribution in [0.2, 0.25) is 0 Å². The van der Waals surface area contributed by atoms with Crippen LogP contribution in [0.25, 0.3) is 5.78 Å². The molecule has 0 saturated heterocycles. The minimum absolute atomic E-state index is 0.144. The van der Waals surface area contributed by atoms with Crippen LogP contribution in [-0.2, 0) is 0 Å². The van der Waals surface area contributed by atoms with Crippen LogP contribution in [-0.4, -0.2) is 37.6 Å². The number of hydrogen-bond donors (Lipinski definition) is 2. The van der Waals surface area contributed by atoms with Gasteiger partial charge in [0.05, 0.1) is 4.47 Å². The number of aromatic nitrogens is 4. The topological polar surface area (TPSA) is 98.2 Å². The molecule has 2 aromatic rings. The SMILES string of the molecule is NC1CCC(NC(=O)c2nc3ncc(Br)cn3n2)CC1. The summed E-state index contributed by atoms with van der Waals surface area (Å²) in [7, 11) is 0. The lowest BCUT2D eigenvalue weighted by Crippen LogP contribution is -2.40. The molecule has 7 nitrogen and oxygen atoms in total. The Hall–Kier alpha value is -1.54. The van der Waals surface area contributed by atoms with Crippen molar-refractivity contribution in [3.8, 4) is 0 Å². The molecule has 2 aromatic heterocycles. The molecule has 1 saturated carbocycles. The Bertz CT molecular complexity index is 634. The Balaban J connectivity index is 1.72. The van der Waals surface area contributed by atoms with Crippen LogP contribution in [0.15, 0.2) is 16.9 Å². The molecule has 0 spiro atoms. The number of fused-ring (bicyclic) bond motifs is 1. The number of nitrogens with two attached hydrogens (primary N) is 1. The summed E-state index contributed by atoms with van der Waals surface area (Å²) in [5.74, 6) is 0.293. The minimum Gasteiger partial charge on any atom is -0.347 e. The molecule has 0 bridgehead atoms. The number of nitrogens with one attached hydrogen (secondary N) is 1. The maximum Gasteiger partial charge on any atom is 0.291 e. The van der Waals surface area contributed by atoms with Crippen molar-refractivity contribution in [3.63, 3.8) is 0 Å². The van der Waals surface area contributed by atoms with Crippen molar-refractivity contribution >= 4 is 27.6 Å². The van der Waals surface area contributed by atoms with Gasteiger partial charge in [0.25, 0.3) is 11.7 Å². The van der Waals surface area contributed by atoms with E-state index in [0.717, 1.165) is 30.2 Å². The van der Waals surface area contributed by atoms with E-state index in [1.165, 1.54) is 4.52 Å². The molecule has 1 aliphatic rings. The number of halogens is 1. The van der Waals surface area contributed by atoms with Gasteiger partial charge < -0.3 is 11.1 Å². The molecule has 1 amide bonds. The zero-order chi connectivity index (χ0) is 14.1. The average Bonchev–Trinajstić information content (AvgIpc) is 2.84. The molecule has 1 aliphatic carbocycles. The molecule has 20 heavy (non-hydrogen) atoms. The van der Waals surface area contributed by atoms with E-state index in [-0.39, 0.29) is 23.8 Å². The molecule has 0 radical (unpaired) electrons. The number of hydrogen-bond acceptors (Lipinski definition) is 5. The maximum absolute atomic E-state index is 12.1. The third-order valence-electron chi connectivity index (χ3n) is 3.47. The van der Waals surface area contributed by atoms with Crippen LogP contribution in [0.1, 0.15) is 36.3 Å². The monoisotopic (exact) mass is 338 g/mol. The number of carbonyl (C=O) groups excluding carboxylic acids is 1. The van der Waals surface area contributed by atoms with Gasteiger partial charge in [0.2, 0.25) is 5.82 Å². The van der Waals surface area contributed by atoms with Crippen LogP contribution >= 0.6 is 15.9 Å². The van der Waals surface area contributed by atoms with Crippen molar-refractivity contribution in [2.24, 2.45) is 5.73 Å². The zero-order valence-corrected chi connectivity index (χ0v) is 12.4. The predicted molar refractivity (Wildman–Crippen MR) is 76.2 cm³/mol. The number of rotatable bonds is 2. The second-order valence-electron chi connectivity index (χ2n) is 5.04. The molecule has 1 fully saturated rings. The first-order valence-corrected chi connectivity index (χ1v) is 7.35. The average molecular weight is 339 g/mol. The third-order valence-corrected chi connectivity index (χ3v) is 3.88. The Labute approximate surface area is 124 Å². The highest BCUT2D eigenvalue weighted by atomic mass is 79.9. The number of amides is 1. The van der Waals surface area contributed by atoms with Crippen molar-refractivity contribution in [1.82, 2.24) is 24.9 Å². The van der Waals surface area contributed by atoms with Crippen LogP contribution in [0.3, 0.4) is 0 Å². The number of carbonyl (C=O) groups is 1. The summed E-state index contributed by atoms with van der Waals surface area (Å²) in [6.45, 7) is 0. The summed E-state index contributed by atoms with van der Waals surface area (Å²) in [5.41, 5.74) is 5.85. The number of nitrogens with zero attached hydrogens (tertiary/aromatic N) is 4. The van der Waals surface area contributed by atoms with Crippen molar-refractivity contribution in [2.45, 2.75) is 37.8 Å². The maximum atomic E-state index is 12.1. The Morgan fingerprint density at radius 1 is 1.40 bits per heavy atom. The highest BCUT2D eigenvalue weighted by Gasteiger charge is 2.22. The lowest BCUT2D eigenvalue weighted by Gasteiger charge is -2.26. The van der Waals surface area contributed by atoms with Gasteiger partial charge in [0.1, 0.15) is 0 Å². The van der Waals surface area contributed by atoms with Crippen LogP contribution in [0, 0.1) is 0 Å². The van der Waals surface area contributed by atoms with E-state index in [1.807, 2.05) is 0 Å². The quantitative estimate of drug-likeness (QED) is 0.847. The van der Waals surface area contributed by atoms with Crippen molar-refractivity contribution < 1.29 is 4.79 Å². The van der Waals surface area contributed by atoms with Gasteiger partial charge in [0.15, 0.2) is 0 Å². The summed E-state index contributed by atoms with van der Waals surface area (Å²) < 4.78 is 2.26. The molecule has 0 aliphatic heterocycles. The fourth-order valence-electron chi connectivity index (χ4n) is 2.37. The smallest absolute Gasteiger partial charge is 0.291 e. The van der Waals surface area contributed by atoms with Gasteiger partial charge in [-0.1, -0.05) is 0 Å². The minimum atomic E-state index is -0.257. The molecule has 3 N–H and O–H groups in total. The lowest BCUT2D eigenvalue weighted by atomic mass is 9.92. The molecule has 3 rings (SSSR count). The van der Waals surface area contributed by atoms with E-state index in [1.54, 1.807) is 12.4 Å². The second kappa shape index (κ2) is 5.45. The molecule has 0 atom stereocenters. The summed E-state index contributed by atoms with van der Waals surface area (Å²) in [6.07, 6.45) is 7.03. The third kappa shape index (κ3) is 2.80. The zero-order valence-electron chi connectivity index (χ0n) is 10.8. The molecular formula is C12H15BrN6O. The highest BCUT2D eigenvalue weighted by Crippen LogP contribution is 2.17. The summed E-state index contributed by atoms with van der Waals surface area (Å²) in [4.78, 5) is 20.3. The fraction of sp³-hybridized carbons (Fsp3) is 0.500. The van der Waals surface area contributed by atoms with E-state index < -0.39 is 0 Å². The molecular weight excluding hydrogens is 324 g/mol. The molecule has 0 aromatic carbocycles. The fourth-order valence-corrected chi connectivity index (χ4v) is 2.67. The van der Waals surface area contributed by atoms with Gasteiger partial charge >= 0.3 is 0 Å². The summed E-state index contributed by atoms with van der Waals surface area (Å²) in [5, 5.41) is 7.09. The second-order valence-corrected chi connectivity index (χ2v) is 5.95. The lowest BCUT2D eigenvalue weighted by molar-refractivity contribution is 0.0915. The normalized spacial score (nSPS) is 22.9. The summed E-state index contributed by atoms with van der Waals surface area (Å²) in [6, 6.07) is 0.423. The van der Waals surface area contributed by atoms with Gasteiger partial charge in [-0.15, -0.1) is 5.10 Å². The molecule has 2 heterocycles. The largest absolute Gasteiger partial charge is 0.347 e. The standard InChI is InChI=1S/C12H15BrN6O/c13-7-5-15-12-17-10(18-19(12)6-7)11(20)16-9-3-1-8(14)2-4-9/h5-6,8-9H,1-4,14H2,(H,16,20). The van der Waals surface area contributed by atoms with Crippen LogP contribution in [0.4, 0.5) is 0 Å². The van der Waals surface area contributed by atoms with Gasteiger partial charge in [-0.25, -0.2) is 9.50 Å². The predicted octanol–water partition coefficient (Wildman–Crippen LogP) is 0.886. The van der Waals surface area contributed by atoms with Gasteiger partial charge in [0, 0.05) is 24.5 Å². The van der Waals surface area contributed by atoms with E-state index in [9.17, 15) is 4.79 Å². The molecule has 106 valence electrons. The van der Waals surface area contributed by atoms with Gasteiger partial charge in [-0.05, 0) is 41.6 Å². The Morgan fingerprint density at radius 2 is 2.15 bits per heavy atom. The molecule has 8 heteroatoms. The summed E-state index contributed by atoms with van der Waals surface area (Å²) >= 11 is 3.30. The van der Waals surface area contributed by atoms with Crippen molar-refractivity contribution in [1.29, 1.82) is 0 Å². The van der Waals surface area contributed by atoms with Crippen molar-refractivity contribution in [2.75, 3.05) is 0 Å². The van der Waals surface area contributed by atoms with E-state index in [4.69, 9.17) is 5.73 Å². The molecule has 0 unspecified atom stereocenters. The first kappa shape index (κ1) is 13.4.